The summed E-state index contributed by atoms with van der Waals surface area (Å²) >= 11 is 0. The van der Waals surface area contributed by atoms with Crippen LogP contribution in [-0.2, 0) is 29.3 Å². The minimum Gasteiger partial charge on any atom is -0.494 e. The van der Waals surface area contributed by atoms with Crippen molar-refractivity contribution in [3.63, 3.8) is 0 Å². The van der Waals surface area contributed by atoms with Crippen molar-refractivity contribution < 1.29 is 19.1 Å². The Morgan fingerprint density at radius 1 is 1.00 bits per heavy atom. The summed E-state index contributed by atoms with van der Waals surface area (Å²) < 4.78 is 14.0. The van der Waals surface area contributed by atoms with E-state index in [1.807, 2.05) is 91.3 Å². The SMILES string of the molecule is CC(C)C[C@H]1NC(=O)CN(Cc2ccc(OCc3ccccn3)cc2)CCCOc2cccc(c2)-c2nccn2CCNC1=O. The Bertz CT molecular complexity index is 1520. The number of pyridine rings is 1. The number of imidazole rings is 1. The standard InChI is InChI=1S/C35H42N6O4/c1-26(2)21-32-35(43)38-16-19-41-18-15-37-34(41)28-7-5-9-31(22-28)44-20-6-17-40(24-33(42)39-32)23-27-10-12-30(13-11-27)45-25-29-8-3-4-14-36-29/h3-5,7-15,18,22,26,32H,6,16-17,19-21,23-25H2,1-2H3,(H,38,43)(H,39,42)/t32-/m1/s1. The molecule has 0 spiro atoms. The lowest BCUT2D eigenvalue weighted by Crippen LogP contribution is -2.50. The highest BCUT2D eigenvalue weighted by Gasteiger charge is 2.23. The molecule has 0 aliphatic carbocycles. The van der Waals surface area contributed by atoms with Crippen LogP contribution < -0.4 is 20.1 Å². The van der Waals surface area contributed by atoms with Crippen LogP contribution in [0.3, 0.4) is 0 Å². The highest BCUT2D eigenvalue weighted by molar-refractivity contribution is 5.88. The summed E-state index contributed by atoms with van der Waals surface area (Å²) in [5.41, 5.74) is 2.86. The molecule has 0 unspecified atom stereocenters. The number of hydrogen-bond donors (Lipinski definition) is 2. The Kier molecular flexibility index (Phi) is 11.2. The van der Waals surface area contributed by atoms with E-state index in [2.05, 4.69) is 25.5 Å². The van der Waals surface area contributed by atoms with Gasteiger partial charge in [-0.05, 0) is 60.7 Å². The molecule has 2 bridgehead atoms. The van der Waals surface area contributed by atoms with E-state index in [9.17, 15) is 9.59 Å². The van der Waals surface area contributed by atoms with Crippen LogP contribution in [0.25, 0.3) is 11.4 Å². The summed E-state index contributed by atoms with van der Waals surface area (Å²) in [6, 6.07) is 20.9. The maximum Gasteiger partial charge on any atom is 0.242 e. The number of hydrogen-bond acceptors (Lipinski definition) is 7. The number of nitrogens with one attached hydrogen (secondary N) is 2. The van der Waals surface area contributed by atoms with Crippen molar-refractivity contribution in [1.82, 2.24) is 30.1 Å². The van der Waals surface area contributed by atoms with Gasteiger partial charge < -0.3 is 24.7 Å². The first kappa shape index (κ1) is 31.7. The molecule has 5 rings (SSSR count). The van der Waals surface area contributed by atoms with E-state index in [0.717, 1.165) is 34.1 Å². The molecule has 2 N–H and O–H groups in total. The normalized spacial score (nSPS) is 16.9. The molecule has 2 aromatic carbocycles. The monoisotopic (exact) mass is 610 g/mol. The van der Waals surface area contributed by atoms with Gasteiger partial charge in [-0.2, -0.15) is 0 Å². The number of aromatic nitrogens is 3. The summed E-state index contributed by atoms with van der Waals surface area (Å²) in [5.74, 6) is 2.20. The van der Waals surface area contributed by atoms with Crippen LogP contribution in [-0.4, -0.2) is 63.5 Å². The van der Waals surface area contributed by atoms with E-state index in [1.165, 1.54) is 0 Å². The Hall–Kier alpha value is -4.70. The smallest absolute Gasteiger partial charge is 0.242 e. The molecule has 1 aliphatic rings. The van der Waals surface area contributed by atoms with Crippen LogP contribution >= 0.6 is 0 Å². The van der Waals surface area contributed by atoms with Crippen molar-refractivity contribution in [1.29, 1.82) is 0 Å². The number of fused-ring (bicyclic) bond motifs is 4. The average Bonchev–Trinajstić information content (AvgIpc) is 3.51. The summed E-state index contributed by atoms with van der Waals surface area (Å²) in [6.07, 6.45) is 6.67. The zero-order valence-electron chi connectivity index (χ0n) is 26.0. The molecular weight excluding hydrogens is 568 g/mol. The second-order valence-electron chi connectivity index (χ2n) is 11.7. The zero-order chi connectivity index (χ0) is 31.4. The van der Waals surface area contributed by atoms with Gasteiger partial charge in [-0.3, -0.25) is 19.5 Å². The molecule has 2 aromatic heterocycles. The van der Waals surface area contributed by atoms with E-state index < -0.39 is 6.04 Å². The van der Waals surface area contributed by atoms with Crippen LogP contribution in [0.2, 0.25) is 0 Å². The van der Waals surface area contributed by atoms with Gasteiger partial charge in [0.15, 0.2) is 0 Å². The number of nitrogens with zero attached hydrogens (tertiary/aromatic N) is 4. The van der Waals surface area contributed by atoms with Crippen molar-refractivity contribution in [2.45, 2.75) is 52.4 Å². The predicted octanol–water partition coefficient (Wildman–Crippen LogP) is 4.46. The lowest BCUT2D eigenvalue weighted by atomic mass is 10.0. The average molecular weight is 611 g/mol. The minimum absolute atomic E-state index is 0.160. The molecule has 45 heavy (non-hydrogen) atoms. The minimum atomic E-state index is -0.615. The van der Waals surface area contributed by atoms with Crippen molar-refractivity contribution in [3.8, 4) is 22.9 Å². The first-order valence-corrected chi connectivity index (χ1v) is 15.6. The van der Waals surface area contributed by atoms with E-state index in [0.29, 0.717) is 52.2 Å². The van der Waals surface area contributed by atoms with Crippen LogP contribution in [0, 0.1) is 5.92 Å². The number of ether oxygens (including phenoxy) is 2. The first-order valence-electron chi connectivity index (χ1n) is 15.6. The van der Waals surface area contributed by atoms with Crippen molar-refractivity contribution in [3.05, 3.63) is 96.6 Å². The van der Waals surface area contributed by atoms with E-state index in [-0.39, 0.29) is 24.3 Å². The maximum atomic E-state index is 13.3. The van der Waals surface area contributed by atoms with E-state index >= 15 is 0 Å². The fraction of sp³-hybridized carbons (Fsp3) is 0.371. The number of benzene rings is 2. The fourth-order valence-electron chi connectivity index (χ4n) is 5.33. The summed E-state index contributed by atoms with van der Waals surface area (Å²) in [6.45, 7) is 7.31. The third-order valence-corrected chi connectivity index (χ3v) is 7.52. The number of carbonyl (C=O) groups excluding carboxylic acids is 2. The summed E-state index contributed by atoms with van der Waals surface area (Å²) in [5, 5.41) is 6.03. The van der Waals surface area contributed by atoms with Gasteiger partial charge in [-0.15, -0.1) is 0 Å². The Balaban J connectivity index is 1.29. The van der Waals surface area contributed by atoms with Gasteiger partial charge in [0.05, 0.1) is 18.8 Å². The van der Waals surface area contributed by atoms with Gasteiger partial charge in [0.2, 0.25) is 11.8 Å². The molecule has 0 radical (unpaired) electrons. The molecule has 236 valence electrons. The van der Waals surface area contributed by atoms with Crippen LogP contribution in [0.15, 0.2) is 85.3 Å². The van der Waals surface area contributed by atoms with Crippen molar-refractivity contribution >= 4 is 11.8 Å². The first-order chi connectivity index (χ1) is 21.9. The number of amides is 2. The molecular formula is C35H42N6O4. The molecule has 0 saturated carbocycles. The van der Waals surface area contributed by atoms with Gasteiger partial charge in [0.25, 0.3) is 0 Å². The molecule has 4 aromatic rings. The van der Waals surface area contributed by atoms with E-state index in [4.69, 9.17) is 9.47 Å². The Morgan fingerprint density at radius 3 is 2.67 bits per heavy atom. The quantitative estimate of drug-likeness (QED) is 0.318. The number of carbonyl (C=O) groups is 2. The second-order valence-corrected chi connectivity index (χ2v) is 11.7. The van der Waals surface area contributed by atoms with Gasteiger partial charge >= 0.3 is 0 Å². The molecule has 0 fully saturated rings. The fourth-order valence-corrected chi connectivity index (χ4v) is 5.33. The maximum absolute atomic E-state index is 13.3. The molecule has 0 saturated heterocycles. The molecule has 10 nitrogen and oxygen atoms in total. The van der Waals surface area contributed by atoms with Gasteiger partial charge in [-0.1, -0.05) is 44.2 Å². The van der Waals surface area contributed by atoms with Gasteiger partial charge in [-0.25, -0.2) is 4.98 Å². The Morgan fingerprint density at radius 2 is 1.87 bits per heavy atom. The molecule has 1 atom stereocenters. The molecule has 3 heterocycles. The molecule has 10 heteroatoms. The summed E-state index contributed by atoms with van der Waals surface area (Å²) in [4.78, 5) is 37.5. The molecule has 1 aliphatic heterocycles. The van der Waals surface area contributed by atoms with E-state index in [1.54, 1.807) is 12.4 Å². The lowest BCUT2D eigenvalue weighted by molar-refractivity contribution is -0.130. The highest BCUT2D eigenvalue weighted by atomic mass is 16.5. The van der Waals surface area contributed by atoms with Crippen LogP contribution in [0.1, 0.15) is 37.9 Å². The lowest BCUT2D eigenvalue weighted by Gasteiger charge is -2.25. The van der Waals surface area contributed by atoms with Gasteiger partial charge in [0.1, 0.15) is 30.0 Å². The van der Waals surface area contributed by atoms with Crippen molar-refractivity contribution in [2.24, 2.45) is 5.92 Å². The third-order valence-electron chi connectivity index (χ3n) is 7.52. The largest absolute Gasteiger partial charge is 0.494 e. The number of rotatable bonds is 7. The highest BCUT2D eigenvalue weighted by Crippen LogP contribution is 2.23. The third kappa shape index (κ3) is 9.64. The predicted molar refractivity (Wildman–Crippen MR) is 172 cm³/mol. The summed E-state index contributed by atoms with van der Waals surface area (Å²) in [7, 11) is 0. The topological polar surface area (TPSA) is 111 Å². The van der Waals surface area contributed by atoms with Crippen LogP contribution in [0.5, 0.6) is 11.5 Å². The Labute approximate surface area is 264 Å². The molecule has 2 amide bonds. The zero-order valence-corrected chi connectivity index (χ0v) is 26.0. The van der Waals surface area contributed by atoms with Gasteiger partial charge in [0, 0.05) is 50.3 Å². The van der Waals surface area contributed by atoms with Crippen molar-refractivity contribution in [2.75, 3.05) is 26.2 Å². The second kappa shape index (κ2) is 15.9. The van der Waals surface area contributed by atoms with Crippen LogP contribution in [0.4, 0.5) is 0 Å².